The highest BCUT2D eigenvalue weighted by molar-refractivity contribution is 7.80. The molecule has 0 atom stereocenters. The number of nitrogens with one attached hydrogen (secondary N) is 2. The van der Waals surface area contributed by atoms with E-state index in [1.54, 1.807) is 0 Å². The van der Waals surface area contributed by atoms with E-state index in [2.05, 4.69) is 22.8 Å². The number of benzene rings is 1. The van der Waals surface area contributed by atoms with E-state index in [0.717, 1.165) is 30.7 Å². The molecule has 0 radical (unpaired) electrons. The summed E-state index contributed by atoms with van der Waals surface area (Å²) >= 11 is 5.11. The van der Waals surface area contributed by atoms with Crippen LogP contribution >= 0.6 is 12.2 Å². The van der Waals surface area contributed by atoms with Crippen molar-refractivity contribution in [3.8, 4) is 0 Å². The van der Waals surface area contributed by atoms with Crippen molar-refractivity contribution in [3.05, 3.63) is 35.9 Å². The van der Waals surface area contributed by atoms with Gasteiger partial charge in [-0.3, -0.25) is 5.43 Å². The zero-order valence-corrected chi connectivity index (χ0v) is 11.2. The maximum atomic E-state index is 5.11. The molecule has 0 heterocycles. The summed E-state index contributed by atoms with van der Waals surface area (Å²) in [5.74, 6) is 0. The van der Waals surface area contributed by atoms with Crippen molar-refractivity contribution < 1.29 is 0 Å². The summed E-state index contributed by atoms with van der Waals surface area (Å²) in [4.78, 5) is 0. The van der Waals surface area contributed by atoms with Crippen LogP contribution in [-0.4, -0.2) is 17.4 Å². The van der Waals surface area contributed by atoms with Crippen molar-refractivity contribution in [2.45, 2.75) is 26.7 Å². The molecule has 0 bridgehead atoms. The lowest BCUT2D eigenvalue weighted by atomic mass is 10.1. The zero-order chi connectivity index (χ0) is 12.5. The van der Waals surface area contributed by atoms with Gasteiger partial charge in [0.2, 0.25) is 0 Å². The molecule has 0 aliphatic heterocycles. The first-order valence-corrected chi connectivity index (χ1v) is 6.28. The normalized spacial score (nSPS) is 11.1. The summed E-state index contributed by atoms with van der Waals surface area (Å²) in [7, 11) is 0. The topological polar surface area (TPSA) is 36.4 Å². The van der Waals surface area contributed by atoms with Crippen molar-refractivity contribution >= 4 is 23.0 Å². The molecule has 0 aliphatic rings. The zero-order valence-electron chi connectivity index (χ0n) is 10.4. The molecule has 17 heavy (non-hydrogen) atoms. The van der Waals surface area contributed by atoms with Crippen LogP contribution in [0.4, 0.5) is 0 Å². The van der Waals surface area contributed by atoms with Crippen LogP contribution < -0.4 is 10.7 Å². The van der Waals surface area contributed by atoms with Crippen LogP contribution in [-0.2, 0) is 0 Å². The summed E-state index contributed by atoms with van der Waals surface area (Å²) < 4.78 is 0. The monoisotopic (exact) mass is 249 g/mol. The lowest BCUT2D eigenvalue weighted by molar-refractivity contribution is 0.745. The van der Waals surface area contributed by atoms with Gasteiger partial charge >= 0.3 is 0 Å². The lowest BCUT2D eigenvalue weighted by Gasteiger charge is -2.07. The highest BCUT2D eigenvalue weighted by Gasteiger charge is 1.96. The smallest absolute Gasteiger partial charge is 0.186 e. The van der Waals surface area contributed by atoms with Gasteiger partial charge in [0.1, 0.15) is 0 Å². The summed E-state index contributed by atoms with van der Waals surface area (Å²) in [6.45, 7) is 5.00. The number of nitrogens with zero attached hydrogens (tertiary/aromatic N) is 1. The molecule has 0 fully saturated rings. The van der Waals surface area contributed by atoms with Crippen LogP contribution in [0.1, 0.15) is 32.3 Å². The van der Waals surface area contributed by atoms with Gasteiger partial charge in [0.25, 0.3) is 0 Å². The molecule has 0 spiro atoms. The highest BCUT2D eigenvalue weighted by atomic mass is 32.1. The molecular formula is C13H19N3S. The van der Waals surface area contributed by atoms with Crippen LogP contribution in [0.2, 0.25) is 0 Å². The van der Waals surface area contributed by atoms with Crippen LogP contribution in [0.25, 0.3) is 0 Å². The van der Waals surface area contributed by atoms with E-state index in [1.807, 2.05) is 37.3 Å². The molecule has 0 saturated heterocycles. The number of hydrazone groups is 1. The first-order chi connectivity index (χ1) is 8.24. The molecule has 3 nitrogen and oxygen atoms in total. The molecule has 92 valence electrons. The van der Waals surface area contributed by atoms with E-state index >= 15 is 0 Å². The molecule has 0 unspecified atom stereocenters. The third kappa shape index (κ3) is 5.45. The Morgan fingerprint density at radius 1 is 1.29 bits per heavy atom. The summed E-state index contributed by atoms with van der Waals surface area (Å²) in [6.07, 6.45) is 2.27. The maximum Gasteiger partial charge on any atom is 0.186 e. The van der Waals surface area contributed by atoms with Gasteiger partial charge in [-0.1, -0.05) is 43.7 Å². The fourth-order valence-electron chi connectivity index (χ4n) is 1.30. The SMILES string of the molecule is CCCCNC(=S)N/N=C(/C)c1ccccc1. The summed E-state index contributed by atoms with van der Waals surface area (Å²) in [5, 5.41) is 7.92. The van der Waals surface area contributed by atoms with Gasteiger partial charge in [-0.25, -0.2) is 0 Å². The van der Waals surface area contributed by atoms with E-state index in [4.69, 9.17) is 12.2 Å². The Hall–Kier alpha value is -1.42. The fourth-order valence-corrected chi connectivity index (χ4v) is 1.44. The van der Waals surface area contributed by atoms with Gasteiger partial charge in [0.15, 0.2) is 5.11 Å². The third-order valence-electron chi connectivity index (χ3n) is 2.33. The minimum atomic E-state index is 0.578. The van der Waals surface area contributed by atoms with Crippen LogP contribution in [0.5, 0.6) is 0 Å². The van der Waals surface area contributed by atoms with Crippen molar-refractivity contribution in [1.82, 2.24) is 10.7 Å². The highest BCUT2D eigenvalue weighted by Crippen LogP contribution is 1.99. The molecule has 1 aromatic rings. The minimum Gasteiger partial charge on any atom is -0.361 e. The van der Waals surface area contributed by atoms with Gasteiger partial charge in [-0.05, 0) is 31.1 Å². The molecule has 1 rings (SSSR count). The lowest BCUT2D eigenvalue weighted by Crippen LogP contribution is -2.33. The largest absolute Gasteiger partial charge is 0.361 e. The number of thiocarbonyl (C=S) groups is 1. The fraction of sp³-hybridized carbons (Fsp3) is 0.385. The maximum absolute atomic E-state index is 5.11. The number of hydrogen-bond donors (Lipinski definition) is 2. The van der Waals surface area contributed by atoms with E-state index in [9.17, 15) is 0 Å². The Bertz CT molecular complexity index is 374. The molecule has 4 heteroatoms. The first kappa shape index (κ1) is 13.6. The molecular weight excluding hydrogens is 230 g/mol. The van der Waals surface area contributed by atoms with Crippen molar-refractivity contribution in [2.24, 2.45) is 5.10 Å². The van der Waals surface area contributed by atoms with Gasteiger partial charge in [-0.15, -0.1) is 0 Å². The molecule has 0 amide bonds. The Morgan fingerprint density at radius 3 is 2.65 bits per heavy atom. The Balaban J connectivity index is 2.40. The first-order valence-electron chi connectivity index (χ1n) is 5.87. The second kappa shape index (κ2) is 7.79. The van der Waals surface area contributed by atoms with E-state index in [-0.39, 0.29) is 0 Å². The van der Waals surface area contributed by atoms with E-state index in [0.29, 0.717) is 5.11 Å². The van der Waals surface area contributed by atoms with Gasteiger partial charge in [0.05, 0.1) is 5.71 Å². The van der Waals surface area contributed by atoms with E-state index < -0.39 is 0 Å². The number of hydrogen-bond acceptors (Lipinski definition) is 2. The van der Waals surface area contributed by atoms with Crippen LogP contribution in [0.15, 0.2) is 35.4 Å². The number of rotatable bonds is 5. The Morgan fingerprint density at radius 2 is 2.00 bits per heavy atom. The van der Waals surface area contributed by atoms with Gasteiger partial charge in [-0.2, -0.15) is 5.10 Å². The van der Waals surface area contributed by atoms with Crippen molar-refractivity contribution in [3.63, 3.8) is 0 Å². The molecule has 0 saturated carbocycles. The minimum absolute atomic E-state index is 0.578. The molecule has 0 aliphatic carbocycles. The predicted octanol–water partition coefficient (Wildman–Crippen LogP) is 2.67. The van der Waals surface area contributed by atoms with Crippen molar-refractivity contribution in [1.29, 1.82) is 0 Å². The average molecular weight is 249 g/mol. The predicted molar refractivity (Wildman–Crippen MR) is 77.3 cm³/mol. The second-order valence-corrected chi connectivity index (χ2v) is 4.19. The summed E-state index contributed by atoms with van der Waals surface area (Å²) in [6, 6.07) is 10.0. The Kier molecular flexibility index (Phi) is 6.25. The van der Waals surface area contributed by atoms with Gasteiger partial charge in [0, 0.05) is 6.54 Å². The van der Waals surface area contributed by atoms with E-state index in [1.165, 1.54) is 0 Å². The van der Waals surface area contributed by atoms with Crippen molar-refractivity contribution in [2.75, 3.05) is 6.54 Å². The molecule has 1 aromatic carbocycles. The number of unbranched alkanes of at least 4 members (excludes halogenated alkanes) is 1. The third-order valence-corrected chi connectivity index (χ3v) is 2.57. The van der Waals surface area contributed by atoms with Crippen LogP contribution in [0.3, 0.4) is 0 Å². The van der Waals surface area contributed by atoms with Gasteiger partial charge < -0.3 is 5.32 Å². The quantitative estimate of drug-likeness (QED) is 0.364. The Labute approximate surface area is 108 Å². The second-order valence-electron chi connectivity index (χ2n) is 3.78. The summed E-state index contributed by atoms with van der Waals surface area (Å²) in [5.41, 5.74) is 4.86. The molecule has 0 aromatic heterocycles. The van der Waals surface area contributed by atoms with Crippen LogP contribution in [0, 0.1) is 0 Å². The molecule has 2 N–H and O–H groups in total. The standard InChI is InChI=1S/C13H19N3S/c1-3-4-10-14-13(17)16-15-11(2)12-8-6-5-7-9-12/h5-9H,3-4,10H2,1-2H3,(H2,14,16,17)/b15-11-. The average Bonchev–Trinajstić information content (AvgIpc) is 2.37.